The summed E-state index contributed by atoms with van der Waals surface area (Å²) in [6.45, 7) is 22.1. The summed E-state index contributed by atoms with van der Waals surface area (Å²) in [5, 5.41) is 0. The average molecular weight is 383 g/mol. The quantitative estimate of drug-likeness (QED) is 0.395. The van der Waals surface area contributed by atoms with Gasteiger partial charge in [-0.25, -0.2) is 0 Å². The molecule has 3 nitrogen and oxygen atoms in total. The van der Waals surface area contributed by atoms with Crippen molar-refractivity contribution in [1.29, 1.82) is 0 Å². The summed E-state index contributed by atoms with van der Waals surface area (Å²) >= 11 is 0. The molecule has 0 aliphatic heterocycles. The van der Waals surface area contributed by atoms with Crippen molar-refractivity contribution in [3.8, 4) is 5.75 Å². The minimum absolute atomic E-state index is 0.184. The molecule has 3 unspecified atom stereocenters. The van der Waals surface area contributed by atoms with E-state index in [1.165, 1.54) is 17.5 Å². The Balaban J connectivity index is 0. The first-order valence-electron chi connectivity index (χ1n) is 11.0. The molecule has 1 aromatic carbocycles. The molecule has 3 atom stereocenters. The van der Waals surface area contributed by atoms with Gasteiger partial charge in [-0.15, -0.1) is 0 Å². The van der Waals surface area contributed by atoms with E-state index in [1.54, 1.807) is 0 Å². The third kappa shape index (κ3) is 12.9. The van der Waals surface area contributed by atoms with Crippen molar-refractivity contribution in [3.63, 3.8) is 0 Å². The van der Waals surface area contributed by atoms with Gasteiger partial charge in [0, 0.05) is 19.6 Å². The highest BCUT2D eigenvalue weighted by molar-refractivity contribution is 5.39. The highest BCUT2D eigenvalue weighted by Crippen LogP contribution is 2.28. The van der Waals surface area contributed by atoms with Crippen molar-refractivity contribution in [2.45, 2.75) is 107 Å². The normalized spacial score (nSPS) is 13.4. The number of ether oxygens (including phenoxy) is 3. The lowest BCUT2D eigenvalue weighted by atomic mass is 9.95. The summed E-state index contributed by atoms with van der Waals surface area (Å²) in [5.74, 6) is 1.45. The van der Waals surface area contributed by atoms with Crippen LogP contribution in [0.2, 0.25) is 0 Å². The predicted octanol–water partition coefficient (Wildman–Crippen LogP) is 7.37. The first kappa shape index (κ1) is 28.2. The zero-order chi connectivity index (χ0) is 21.2. The van der Waals surface area contributed by atoms with Crippen LogP contribution >= 0.6 is 0 Å². The first-order chi connectivity index (χ1) is 12.9. The number of hydrogen-bond acceptors (Lipinski definition) is 3. The summed E-state index contributed by atoms with van der Waals surface area (Å²) in [7, 11) is 0. The molecular formula is C24H46O3. The van der Waals surface area contributed by atoms with Gasteiger partial charge in [0.2, 0.25) is 0 Å². The SMILES string of the molecule is CC.CCC.CCOC(C)Cc1ccc(C(C)CC)cc1OC(C)OCC. The number of rotatable bonds is 10. The van der Waals surface area contributed by atoms with Gasteiger partial charge >= 0.3 is 0 Å². The van der Waals surface area contributed by atoms with Gasteiger partial charge in [-0.05, 0) is 57.2 Å². The van der Waals surface area contributed by atoms with Crippen LogP contribution in [0, 0.1) is 0 Å². The maximum atomic E-state index is 6.02. The highest BCUT2D eigenvalue weighted by atomic mass is 16.7. The predicted molar refractivity (Wildman–Crippen MR) is 119 cm³/mol. The van der Waals surface area contributed by atoms with Crippen LogP contribution in [-0.4, -0.2) is 25.6 Å². The molecule has 0 bridgehead atoms. The summed E-state index contributed by atoms with van der Waals surface area (Å²) in [6.07, 6.45) is 3.17. The summed E-state index contributed by atoms with van der Waals surface area (Å²) in [4.78, 5) is 0. The van der Waals surface area contributed by atoms with Gasteiger partial charge in [-0.2, -0.15) is 0 Å². The average Bonchev–Trinajstić information content (AvgIpc) is 2.65. The van der Waals surface area contributed by atoms with Crippen molar-refractivity contribution < 1.29 is 14.2 Å². The highest BCUT2D eigenvalue weighted by Gasteiger charge is 2.14. The summed E-state index contributed by atoms with van der Waals surface area (Å²) < 4.78 is 17.2. The lowest BCUT2D eigenvalue weighted by molar-refractivity contribution is -0.0621. The van der Waals surface area contributed by atoms with Crippen molar-refractivity contribution in [3.05, 3.63) is 29.3 Å². The molecule has 0 spiro atoms. The first-order valence-corrected chi connectivity index (χ1v) is 11.0. The molecule has 3 heteroatoms. The third-order valence-electron chi connectivity index (χ3n) is 3.93. The van der Waals surface area contributed by atoms with Crippen molar-refractivity contribution in [2.75, 3.05) is 13.2 Å². The summed E-state index contributed by atoms with van der Waals surface area (Å²) in [5.41, 5.74) is 2.49. The van der Waals surface area contributed by atoms with E-state index < -0.39 is 0 Å². The fourth-order valence-corrected chi connectivity index (χ4v) is 2.49. The third-order valence-corrected chi connectivity index (χ3v) is 3.93. The molecule has 0 radical (unpaired) electrons. The Bertz CT molecular complexity index is 445. The molecular weight excluding hydrogens is 336 g/mol. The van der Waals surface area contributed by atoms with E-state index in [4.69, 9.17) is 14.2 Å². The van der Waals surface area contributed by atoms with Crippen LogP contribution in [0.25, 0.3) is 0 Å². The smallest absolute Gasteiger partial charge is 0.196 e. The molecule has 27 heavy (non-hydrogen) atoms. The Labute approximate surface area is 169 Å². The topological polar surface area (TPSA) is 27.7 Å². The molecule has 0 saturated heterocycles. The van der Waals surface area contributed by atoms with Gasteiger partial charge in [0.15, 0.2) is 6.29 Å². The largest absolute Gasteiger partial charge is 0.465 e. The second-order valence-corrected chi connectivity index (χ2v) is 6.49. The molecule has 0 amide bonds. The van der Waals surface area contributed by atoms with Gasteiger partial charge < -0.3 is 14.2 Å². The van der Waals surface area contributed by atoms with Gasteiger partial charge in [-0.1, -0.05) is 60.1 Å². The van der Waals surface area contributed by atoms with E-state index in [0.717, 1.165) is 25.2 Å². The minimum atomic E-state index is -0.238. The van der Waals surface area contributed by atoms with Crippen LogP contribution in [0.3, 0.4) is 0 Å². The second-order valence-electron chi connectivity index (χ2n) is 6.49. The zero-order valence-electron chi connectivity index (χ0n) is 19.7. The van der Waals surface area contributed by atoms with E-state index in [1.807, 2.05) is 34.6 Å². The lowest BCUT2D eigenvalue weighted by Gasteiger charge is -2.21. The monoisotopic (exact) mass is 382 g/mol. The lowest BCUT2D eigenvalue weighted by Crippen LogP contribution is -2.18. The van der Waals surface area contributed by atoms with Gasteiger partial charge in [0.05, 0.1) is 6.10 Å². The molecule has 1 rings (SSSR count). The maximum absolute atomic E-state index is 6.02. The van der Waals surface area contributed by atoms with Crippen molar-refractivity contribution in [1.82, 2.24) is 0 Å². The Morgan fingerprint density at radius 1 is 0.852 bits per heavy atom. The van der Waals surface area contributed by atoms with Crippen LogP contribution < -0.4 is 4.74 Å². The molecule has 0 fully saturated rings. The van der Waals surface area contributed by atoms with Crippen molar-refractivity contribution >= 4 is 0 Å². The van der Waals surface area contributed by atoms with Crippen molar-refractivity contribution in [2.24, 2.45) is 0 Å². The molecule has 0 aliphatic rings. The fraction of sp³-hybridized carbons (Fsp3) is 0.750. The molecule has 0 aromatic heterocycles. The summed E-state index contributed by atoms with van der Waals surface area (Å²) in [6, 6.07) is 6.54. The Hall–Kier alpha value is -1.06. The molecule has 0 N–H and O–H groups in total. The standard InChI is InChI=1S/C19H32O3.C3H8.C2H6/c1-7-14(4)17-10-11-18(12-15(5)20-8-2)19(13-17)22-16(6)21-9-3;1-3-2;1-2/h10-11,13-16H,7-9,12H2,1-6H3;3H2,1-2H3;1-2H3. The van der Waals surface area contributed by atoms with Crippen LogP contribution in [-0.2, 0) is 15.9 Å². The minimum Gasteiger partial charge on any atom is -0.465 e. The van der Waals surface area contributed by atoms with E-state index in [2.05, 4.69) is 52.8 Å². The van der Waals surface area contributed by atoms with E-state index >= 15 is 0 Å². The van der Waals surface area contributed by atoms with E-state index in [0.29, 0.717) is 12.5 Å². The van der Waals surface area contributed by atoms with Crippen LogP contribution in [0.4, 0.5) is 0 Å². The Morgan fingerprint density at radius 2 is 1.41 bits per heavy atom. The van der Waals surface area contributed by atoms with Gasteiger partial charge in [-0.3, -0.25) is 0 Å². The van der Waals surface area contributed by atoms with Crippen LogP contribution in [0.5, 0.6) is 5.75 Å². The molecule has 0 aliphatic carbocycles. The Morgan fingerprint density at radius 3 is 1.89 bits per heavy atom. The molecule has 0 heterocycles. The van der Waals surface area contributed by atoms with E-state index in [9.17, 15) is 0 Å². The van der Waals surface area contributed by atoms with Crippen LogP contribution in [0.15, 0.2) is 18.2 Å². The fourth-order valence-electron chi connectivity index (χ4n) is 2.49. The maximum Gasteiger partial charge on any atom is 0.196 e. The number of hydrogen-bond donors (Lipinski definition) is 0. The molecule has 0 saturated carbocycles. The molecule has 1 aromatic rings. The van der Waals surface area contributed by atoms with E-state index in [-0.39, 0.29) is 12.4 Å². The zero-order valence-corrected chi connectivity index (χ0v) is 19.7. The molecule has 160 valence electrons. The van der Waals surface area contributed by atoms with Gasteiger partial charge in [0.25, 0.3) is 0 Å². The van der Waals surface area contributed by atoms with Gasteiger partial charge in [0.1, 0.15) is 5.75 Å². The second kappa shape index (κ2) is 18.3. The Kier molecular flexibility index (Phi) is 19.1. The number of benzene rings is 1. The van der Waals surface area contributed by atoms with Crippen LogP contribution in [0.1, 0.15) is 99.1 Å².